The molecule has 0 aliphatic heterocycles. The summed E-state index contributed by atoms with van der Waals surface area (Å²) in [5.41, 5.74) is 2.80. The zero-order valence-corrected chi connectivity index (χ0v) is 14.0. The molecule has 0 atom stereocenters. The molecule has 126 valence electrons. The van der Waals surface area contributed by atoms with E-state index in [4.69, 9.17) is 28.4 Å². The third-order valence-corrected chi connectivity index (χ3v) is 3.87. The third kappa shape index (κ3) is 5.13. The van der Waals surface area contributed by atoms with Crippen molar-refractivity contribution in [2.75, 3.05) is 11.9 Å². The predicted molar refractivity (Wildman–Crippen MR) is 92.3 cm³/mol. The van der Waals surface area contributed by atoms with Crippen molar-refractivity contribution in [3.63, 3.8) is 0 Å². The zero-order valence-electron chi connectivity index (χ0n) is 12.5. The molecule has 2 aromatic rings. The van der Waals surface area contributed by atoms with Crippen LogP contribution in [0.15, 0.2) is 48.5 Å². The molecule has 0 saturated carbocycles. The van der Waals surface area contributed by atoms with E-state index in [1.54, 1.807) is 12.1 Å². The van der Waals surface area contributed by atoms with Crippen LogP contribution in [0.5, 0.6) is 0 Å². The Morgan fingerprint density at radius 3 is 2.38 bits per heavy atom. The summed E-state index contributed by atoms with van der Waals surface area (Å²) >= 11 is 11.8. The lowest BCUT2D eigenvalue weighted by Gasteiger charge is -2.22. The van der Waals surface area contributed by atoms with Gasteiger partial charge in [-0.3, -0.25) is 10.0 Å². The molecule has 0 spiro atoms. The first-order valence-electron chi connectivity index (χ1n) is 6.97. The minimum absolute atomic E-state index is 0.196. The molecule has 24 heavy (non-hydrogen) atoms. The van der Waals surface area contributed by atoms with Crippen LogP contribution >= 0.6 is 23.2 Å². The summed E-state index contributed by atoms with van der Waals surface area (Å²) in [5.74, 6) is -0.699. The van der Waals surface area contributed by atoms with Crippen molar-refractivity contribution in [3.8, 4) is 0 Å². The first-order valence-corrected chi connectivity index (χ1v) is 7.73. The largest absolute Gasteiger partial charge is 0.322 e. The number of nitrogens with one attached hydrogen (secondary N) is 2. The van der Waals surface area contributed by atoms with Crippen molar-refractivity contribution in [1.29, 1.82) is 0 Å². The Labute approximate surface area is 148 Å². The molecule has 2 aromatic carbocycles. The highest BCUT2D eigenvalue weighted by atomic mass is 35.5. The second-order valence-corrected chi connectivity index (χ2v) is 5.75. The van der Waals surface area contributed by atoms with Crippen LogP contribution in [-0.4, -0.2) is 28.6 Å². The molecule has 3 amide bonds. The quantitative estimate of drug-likeness (QED) is 0.558. The topological polar surface area (TPSA) is 81.7 Å². The third-order valence-electron chi connectivity index (χ3n) is 3.13. The number of anilines is 1. The van der Waals surface area contributed by atoms with E-state index >= 15 is 0 Å². The van der Waals surface area contributed by atoms with E-state index in [-0.39, 0.29) is 13.1 Å². The lowest BCUT2D eigenvalue weighted by molar-refractivity contribution is -0.129. The number of carbonyl (C=O) groups excluding carboxylic acids is 2. The van der Waals surface area contributed by atoms with Crippen LogP contribution < -0.4 is 10.8 Å². The standard InChI is InChI=1S/C16H15Cl2N3O3/c17-13-7-6-12(8-14(13)18)19-16(23)21(10-15(22)20-24)9-11-4-2-1-3-5-11/h1-8,24H,9-10H2,(H,19,23)(H,20,22). The minimum Gasteiger partial charge on any atom is -0.311 e. The number of hydrogen-bond acceptors (Lipinski definition) is 3. The maximum atomic E-state index is 12.4. The molecule has 0 unspecified atom stereocenters. The van der Waals surface area contributed by atoms with Crippen molar-refractivity contribution in [1.82, 2.24) is 10.4 Å². The highest BCUT2D eigenvalue weighted by Crippen LogP contribution is 2.25. The van der Waals surface area contributed by atoms with Gasteiger partial charge in [-0.25, -0.2) is 10.3 Å². The van der Waals surface area contributed by atoms with E-state index in [0.29, 0.717) is 15.7 Å². The number of nitrogens with zero attached hydrogens (tertiary/aromatic N) is 1. The smallest absolute Gasteiger partial charge is 0.311 e. The lowest BCUT2D eigenvalue weighted by atomic mass is 10.2. The van der Waals surface area contributed by atoms with E-state index in [0.717, 1.165) is 5.56 Å². The highest BCUT2D eigenvalue weighted by molar-refractivity contribution is 6.42. The fourth-order valence-corrected chi connectivity index (χ4v) is 2.29. The van der Waals surface area contributed by atoms with E-state index in [2.05, 4.69) is 5.32 Å². The van der Waals surface area contributed by atoms with Gasteiger partial charge in [-0.1, -0.05) is 53.5 Å². The number of urea groups is 1. The van der Waals surface area contributed by atoms with Crippen LogP contribution in [0.1, 0.15) is 5.56 Å². The van der Waals surface area contributed by atoms with Crippen LogP contribution in [0.3, 0.4) is 0 Å². The van der Waals surface area contributed by atoms with Crippen LogP contribution in [0.25, 0.3) is 0 Å². The number of halogens is 2. The predicted octanol–water partition coefficient (Wildman–Crippen LogP) is 3.53. The Kier molecular flexibility index (Phi) is 6.43. The van der Waals surface area contributed by atoms with Gasteiger partial charge in [0.1, 0.15) is 6.54 Å². The van der Waals surface area contributed by atoms with Crippen molar-refractivity contribution in [2.24, 2.45) is 0 Å². The van der Waals surface area contributed by atoms with Gasteiger partial charge in [0, 0.05) is 12.2 Å². The first kappa shape index (κ1) is 18.1. The van der Waals surface area contributed by atoms with E-state index < -0.39 is 11.9 Å². The summed E-state index contributed by atoms with van der Waals surface area (Å²) in [6.07, 6.45) is 0. The van der Waals surface area contributed by atoms with Crippen LogP contribution in [-0.2, 0) is 11.3 Å². The average molecular weight is 368 g/mol. The SMILES string of the molecule is O=C(CN(Cc1ccccc1)C(=O)Nc1ccc(Cl)c(Cl)c1)NO. The summed E-state index contributed by atoms with van der Waals surface area (Å²) in [6.45, 7) is -0.111. The number of amides is 3. The highest BCUT2D eigenvalue weighted by Gasteiger charge is 2.18. The first-order chi connectivity index (χ1) is 11.5. The summed E-state index contributed by atoms with van der Waals surface area (Å²) < 4.78 is 0. The van der Waals surface area contributed by atoms with Gasteiger partial charge in [-0.05, 0) is 23.8 Å². The van der Waals surface area contributed by atoms with Gasteiger partial charge in [-0.15, -0.1) is 0 Å². The number of hydroxylamine groups is 1. The van der Waals surface area contributed by atoms with Crippen LogP contribution in [0.2, 0.25) is 10.0 Å². The van der Waals surface area contributed by atoms with Crippen molar-refractivity contribution in [2.45, 2.75) is 6.54 Å². The molecule has 3 N–H and O–H groups in total. The van der Waals surface area contributed by atoms with Crippen molar-refractivity contribution in [3.05, 3.63) is 64.1 Å². The monoisotopic (exact) mass is 367 g/mol. The number of carbonyl (C=O) groups is 2. The fraction of sp³-hybridized carbons (Fsp3) is 0.125. The van der Waals surface area contributed by atoms with E-state index in [9.17, 15) is 9.59 Å². The molecular weight excluding hydrogens is 353 g/mol. The summed E-state index contributed by atoms with van der Waals surface area (Å²) in [7, 11) is 0. The van der Waals surface area contributed by atoms with Crippen molar-refractivity contribution < 1.29 is 14.8 Å². The summed E-state index contributed by atoms with van der Waals surface area (Å²) in [5, 5.41) is 12.0. The van der Waals surface area contributed by atoms with Gasteiger partial charge in [0.05, 0.1) is 10.0 Å². The number of hydrogen-bond donors (Lipinski definition) is 3. The molecule has 8 heteroatoms. The summed E-state index contributed by atoms with van der Waals surface area (Å²) in [4.78, 5) is 25.1. The Morgan fingerprint density at radius 1 is 1.04 bits per heavy atom. The Morgan fingerprint density at radius 2 is 1.75 bits per heavy atom. The second-order valence-electron chi connectivity index (χ2n) is 4.94. The molecule has 0 bridgehead atoms. The average Bonchev–Trinajstić information content (AvgIpc) is 2.58. The molecule has 0 aliphatic carbocycles. The van der Waals surface area contributed by atoms with Crippen LogP contribution in [0, 0.1) is 0 Å². The van der Waals surface area contributed by atoms with E-state index in [1.165, 1.54) is 16.4 Å². The molecule has 0 heterocycles. The Balaban J connectivity index is 2.13. The van der Waals surface area contributed by atoms with Gasteiger partial charge in [0.25, 0.3) is 5.91 Å². The molecule has 6 nitrogen and oxygen atoms in total. The molecule has 0 radical (unpaired) electrons. The summed E-state index contributed by atoms with van der Waals surface area (Å²) in [6, 6.07) is 13.3. The van der Waals surface area contributed by atoms with Gasteiger partial charge in [-0.2, -0.15) is 0 Å². The van der Waals surface area contributed by atoms with Crippen molar-refractivity contribution >= 4 is 40.8 Å². The molecule has 0 aliphatic rings. The Bertz CT molecular complexity index is 726. The van der Waals surface area contributed by atoms with Gasteiger partial charge in [0.15, 0.2) is 0 Å². The van der Waals surface area contributed by atoms with Gasteiger partial charge in [0.2, 0.25) is 0 Å². The normalized spacial score (nSPS) is 10.1. The molecular formula is C16H15Cl2N3O3. The zero-order chi connectivity index (χ0) is 17.5. The molecule has 2 rings (SSSR count). The second kappa shape index (κ2) is 8.54. The van der Waals surface area contributed by atoms with Crippen LogP contribution in [0.4, 0.5) is 10.5 Å². The van der Waals surface area contributed by atoms with E-state index in [1.807, 2.05) is 30.3 Å². The molecule has 0 aromatic heterocycles. The molecule has 0 saturated heterocycles. The fourth-order valence-electron chi connectivity index (χ4n) is 1.99. The molecule has 0 fully saturated rings. The maximum absolute atomic E-state index is 12.4. The number of benzene rings is 2. The number of rotatable bonds is 5. The Hall–Kier alpha value is -2.28. The van der Waals surface area contributed by atoms with Gasteiger partial charge >= 0.3 is 6.03 Å². The minimum atomic E-state index is -0.699. The van der Waals surface area contributed by atoms with Gasteiger partial charge < -0.3 is 10.2 Å². The maximum Gasteiger partial charge on any atom is 0.322 e. The lowest BCUT2D eigenvalue weighted by Crippen LogP contribution is -2.41.